The number of hydrazone groups is 1. The molecule has 0 saturated heterocycles. The van der Waals surface area contributed by atoms with Crippen molar-refractivity contribution in [3.63, 3.8) is 0 Å². The second-order valence-electron chi connectivity index (χ2n) is 4.88. The number of nitrogens with two attached hydrogens (primary N) is 1. The van der Waals surface area contributed by atoms with E-state index in [0.29, 0.717) is 11.4 Å². The highest BCUT2D eigenvalue weighted by Crippen LogP contribution is 2.20. The van der Waals surface area contributed by atoms with Crippen molar-refractivity contribution in [1.29, 1.82) is 0 Å². The van der Waals surface area contributed by atoms with Crippen LogP contribution in [0.3, 0.4) is 0 Å². The number of methoxy groups -OCH3 is 1. The van der Waals surface area contributed by atoms with E-state index in [-0.39, 0.29) is 17.7 Å². The van der Waals surface area contributed by atoms with E-state index in [0.717, 1.165) is 4.57 Å². The molecular formula is C15H17N5O5. The van der Waals surface area contributed by atoms with Crippen LogP contribution in [0.15, 0.2) is 39.0 Å². The van der Waals surface area contributed by atoms with Crippen molar-refractivity contribution in [2.24, 2.45) is 10.8 Å². The Bertz CT molecular complexity index is 927. The molecule has 0 aliphatic heterocycles. The van der Waals surface area contributed by atoms with Gasteiger partial charge in [0.2, 0.25) is 5.88 Å². The highest BCUT2D eigenvalue weighted by molar-refractivity contribution is 6.02. The van der Waals surface area contributed by atoms with E-state index in [4.69, 9.17) is 10.5 Å². The summed E-state index contributed by atoms with van der Waals surface area (Å²) in [5.41, 5.74) is 5.40. The fraction of sp³-hybridized carbons (Fsp3) is 0.200. The molecule has 0 unspecified atom stereocenters. The second-order valence-corrected chi connectivity index (χ2v) is 4.88. The minimum absolute atomic E-state index is 0.0554. The number of urea groups is 1. The molecule has 2 aromatic rings. The SMILES string of the molecule is CCC(=NNC(N)=O)c1c(O)n(-c2ccc(OC)cc2)c(=O)[nH]c1=O. The normalized spacial score (nSPS) is 11.2. The first-order valence-corrected chi connectivity index (χ1v) is 7.24. The molecule has 0 aliphatic rings. The highest BCUT2D eigenvalue weighted by atomic mass is 16.5. The summed E-state index contributed by atoms with van der Waals surface area (Å²) >= 11 is 0. The van der Waals surface area contributed by atoms with Crippen LogP contribution in [0.2, 0.25) is 0 Å². The molecule has 1 aromatic heterocycles. The predicted molar refractivity (Wildman–Crippen MR) is 90.4 cm³/mol. The minimum atomic E-state index is -0.926. The lowest BCUT2D eigenvalue weighted by Gasteiger charge is -2.12. The van der Waals surface area contributed by atoms with Crippen molar-refractivity contribution in [2.75, 3.05) is 7.11 Å². The number of H-pyrrole nitrogens is 1. The molecule has 0 spiro atoms. The third-order valence-electron chi connectivity index (χ3n) is 3.34. The lowest BCUT2D eigenvalue weighted by atomic mass is 10.1. The first-order chi connectivity index (χ1) is 11.9. The molecule has 10 heteroatoms. The first-order valence-electron chi connectivity index (χ1n) is 7.24. The van der Waals surface area contributed by atoms with E-state index >= 15 is 0 Å². The number of amides is 2. The molecule has 0 bridgehead atoms. The number of carbonyl (C=O) groups is 1. The summed E-state index contributed by atoms with van der Waals surface area (Å²) in [5.74, 6) is -0.0480. The Hall–Kier alpha value is -3.56. The summed E-state index contributed by atoms with van der Waals surface area (Å²) in [6.45, 7) is 1.66. The van der Waals surface area contributed by atoms with Gasteiger partial charge in [-0.05, 0) is 30.7 Å². The van der Waals surface area contributed by atoms with Gasteiger partial charge < -0.3 is 15.6 Å². The van der Waals surface area contributed by atoms with Gasteiger partial charge in [-0.3, -0.25) is 9.78 Å². The van der Waals surface area contributed by atoms with Gasteiger partial charge in [-0.15, -0.1) is 0 Å². The molecule has 2 rings (SSSR count). The minimum Gasteiger partial charge on any atom is -0.497 e. The maximum absolute atomic E-state index is 12.1. The number of ether oxygens (including phenoxy) is 1. The Morgan fingerprint density at radius 1 is 1.36 bits per heavy atom. The quantitative estimate of drug-likeness (QED) is 0.444. The molecule has 1 aromatic carbocycles. The van der Waals surface area contributed by atoms with Crippen molar-refractivity contribution in [2.45, 2.75) is 13.3 Å². The van der Waals surface area contributed by atoms with Gasteiger partial charge >= 0.3 is 11.7 Å². The zero-order chi connectivity index (χ0) is 18.6. The smallest absolute Gasteiger partial charge is 0.335 e. The molecule has 0 fully saturated rings. The van der Waals surface area contributed by atoms with Gasteiger partial charge in [0, 0.05) is 0 Å². The molecule has 0 radical (unpaired) electrons. The molecule has 10 nitrogen and oxygen atoms in total. The number of primary amides is 1. The fourth-order valence-electron chi connectivity index (χ4n) is 2.19. The number of hydrogen-bond acceptors (Lipinski definition) is 6. The number of aromatic nitrogens is 2. The number of aromatic amines is 1. The standard InChI is InChI=1S/C15H17N5O5/c1-3-10(18-19-14(16)23)11-12(21)17-15(24)20(13(11)22)8-4-6-9(25-2)7-5-8/h4-7,22H,3H2,1-2H3,(H3,16,19,23)(H,17,21,24). The van der Waals surface area contributed by atoms with E-state index in [1.165, 1.54) is 19.2 Å². The third kappa shape index (κ3) is 3.68. The van der Waals surface area contributed by atoms with Crippen LogP contribution in [0, 0.1) is 0 Å². The van der Waals surface area contributed by atoms with E-state index in [1.807, 2.05) is 5.43 Å². The van der Waals surface area contributed by atoms with Crippen molar-refractivity contribution in [3.8, 4) is 17.3 Å². The van der Waals surface area contributed by atoms with E-state index < -0.39 is 23.2 Å². The Labute approximate surface area is 141 Å². The van der Waals surface area contributed by atoms with Gasteiger partial charge in [-0.25, -0.2) is 19.6 Å². The number of carbonyl (C=O) groups excluding carboxylic acids is 1. The molecule has 0 saturated carbocycles. The zero-order valence-electron chi connectivity index (χ0n) is 13.6. The molecule has 0 atom stereocenters. The number of benzene rings is 1. The number of aromatic hydroxyl groups is 1. The van der Waals surface area contributed by atoms with E-state index in [1.54, 1.807) is 19.1 Å². The molecule has 25 heavy (non-hydrogen) atoms. The van der Waals surface area contributed by atoms with Crippen LogP contribution in [-0.2, 0) is 0 Å². The van der Waals surface area contributed by atoms with Gasteiger partial charge in [0.1, 0.15) is 11.3 Å². The summed E-state index contributed by atoms with van der Waals surface area (Å²) in [6, 6.07) is 5.33. The molecule has 1 heterocycles. The first kappa shape index (κ1) is 17.8. The average molecular weight is 347 g/mol. The number of nitrogens with one attached hydrogen (secondary N) is 2. The molecular weight excluding hydrogens is 330 g/mol. The number of hydrogen-bond donors (Lipinski definition) is 4. The van der Waals surface area contributed by atoms with Crippen LogP contribution >= 0.6 is 0 Å². The molecule has 0 aliphatic carbocycles. The number of nitrogens with zero attached hydrogens (tertiary/aromatic N) is 2. The second kappa shape index (κ2) is 7.34. The Morgan fingerprint density at radius 3 is 2.52 bits per heavy atom. The van der Waals surface area contributed by atoms with Gasteiger partial charge in [-0.2, -0.15) is 5.10 Å². The van der Waals surface area contributed by atoms with Crippen LogP contribution in [-0.4, -0.2) is 33.5 Å². The van der Waals surface area contributed by atoms with Crippen molar-refractivity contribution >= 4 is 11.7 Å². The summed E-state index contributed by atoms with van der Waals surface area (Å²) in [4.78, 5) is 37.2. The lowest BCUT2D eigenvalue weighted by molar-refractivity contribution is 0.249. The van der Waals surface area contributed by atoms with Crippen LogP contribution in [0.4, 0.5) is 4.79 Å². The maximum atomic E-state index is 12.1. The Balaban J connectivity index is 2.67. The van der Waals surface area contributed by atoms with E-state index in [2.05, 4.69) is 10.1 Å². The monoisotopic (exact) mass is 347 g/mol. The van der Waals surface area contributed by atoms with Crippen molar-refractivity contribution in [3.05, 3.63) is 50.7 Å². The van der Waals surface area contributed by atoms with Crippen LogP contribution in [0.5, 0.6) is 11.6 Å². The highest BCUT2D eigenvalue weighted by Gasteiger charge is 2.19. The number of rotatable bonds is 5. The van der Waals surface area contributed by atoms with Gasteiger partial charge in [-0.1, -0.05) is 6.92 Å². The largest absolute Gasteiger partial charge is 0.497 e. The van der Waals surface area contributed by atoms with Crippen molar-refractivity contribution in [1.82, 2.24) is 15.0 Å². The van der Waals surface area contributed by atoms with E-state index in [9.17, 15) is 19.5 Å². The zero-order valence-corrected chi connectivity index (χ0v) is 13.6. The van der Waals surface area contributed by atoms with Crippen molar-refractivity contribution < 1.29 is 14.6 Å². The summed E-state index contributed by atoms with van der Waals surface area (Å²) in [7, 11) is 1.49. The lowest BCUT2D eigenvalue weighted by Crippen LogP contribution is -2.34. The predicted octanol–water partition coefficient (Wildman–Crippen LogP) is 0.0224. The third-order valence-corrected chi connectivity index (χ3v) is 3.34. The molecule has 132 valence electrons. The summed E-state index contributed by atoms with van der Waals surface area (Å²) in [5, 5.41) is 14.2. The summed E-state index contributed by atoms with van der Waals surface area (Å²) in [6.07, 6.45) is 0.192. The van der Waals surface area contributed by atoms with Gasteiger partial charge in [0.15, 0.2) is 0 Å². The Morgan fingerprint density at radius 2 is 2.00 bits per heavy atom. The van der Waals surface area contributed by atoms with Crippen LogP contribution < -0.4 is 27.1 Å². The Kier molecular flexibility index (Phi) is 5.22. The van der Waals surface area contributed by atoms with Gasteiger partial charge in [0.05, 0.1) is 18.5 Å². The van der Waals surface area contributed by atoms with Gasteiger partial charge in [0.25, 0.3) is 5.56 Å². The van der Waals surface area contributed by atoms with Crippen LogP contribution in [0.1, 0.15) is 18.9 Å². The fourth-order valence-corrected chi connectivity index (χ4v) is 2.19. The summed E-state index contributed by atoms with van der Waals surface area (Å²) < 4.78 is 5.95. The maximum Gasteiger partial charge on any atom is 0.335 e. The van der Waals surface area contributed by atoms with Crippen LogP contribution in [0.25, 0.3) is 5.69 Å². The topological polar surface area (TPSA) is 152 Å². The average Bonchev–Trinajstić information content (AvgIpc) is 2.57. The molecule has 2 amide bonds. The molecule has 5 N–H and O–H groups in total.